The predicted octanol–water partition coefficient (Wildman–Crippen LogP) is -2.19. The van der Waals surface area contributed by atoms with Gasteiger partial charge in [-0.05, 0) is 0 Å². The standard InChI is InChI=1S/C6H12O5/c7-2-3-1-4(8)5(9)6(10)11-3/h3-10H,1-2H2. The van der Waals surface area contributed by atoms with E-state index >= 15 is 0 Å². The van der Waals surface area contributed by atoms with Gasteiger partial charge in [-0.3, -0.25) is 0 Å². The van der Waals surface area contributed by atoms with Gasteiger partial charge in [-0.25, -0.2) is 0 Å². The molecule has 4 unspecified atom stereocenters. The molecule has 5 nitrogen and oxygen atoms in total. The molecule has 1 aliphatic heterocycles. The summed E-state index contributed by atoms with van der Waals surface area (Å²) < 4.78 is 4.71. The molecule has 0 saturated carbocycles. The van der Waals surface area contributed by atoms with Crippen molar-refractivity contribution in [3.63, 3.8) is 0 Å². The maximum absolute atomic E-state index is 9.05. The first-order valence-corrected chi connectivity index (χ1v) is 3.45. The number of aliphatic hydroxyl groups is 4. The SMILES string of the molecule is OCC1CC(O)C(O)C(O)O1. The first-order chi connectivity index (χ1) is 5.15. The van der Waals surface area contributed by atoms with Crippen molar-refractivity contribution in [2.45, 2.75) is 31.0 Å². The van der Waals surface area contributed by atoms with Crippen LogP contribution < -0.4 is 0 Å². The highest BCUT2D eigenvalue weighted by molar-refractivity contribution is 4.79. The van der Waals surface area contributed by atoms with Crippen LogP contribution in [0.2, 0.25) is 0 Å². The Bertz CT molecular complexity index is 116. The van der Waals surface area contributed by atoms with E-state index in [0.717, 1.165) is 0 Å². The third-order valence-electron chi connectivity index (χ3n) is 1.73. The number of ether oxygens (including phenoxy) is 1. The van der Waals surface area contributed by atoms with Gasteiger partial charge in [0.25, 0.3) is 0 Å². The Kier molecular flexibility index (Phi) is 2.80. The van der Waals surface area contributed by atoms with Crippen LogP contribution in [0.1, 0.15) is 6.42 Å². The van der Waals surface area contributed by atoms with E-state index < -0.39 is 24.6 Å². The Hall–Kier alpha value is -0.200. The molecule has 0 bridgehead atoms. The third-order valence-corrected chi connectivity index (χ3v) is 1.73. The van der Waals surface area contributed by atoms with Crippen LogP contribution in [0.4, 0.5) is 0 Å². The Morgan fingerprint density at radius 2 is 1.91 bits per heavy atom. The van der Waals surface area contributed by atoms with Crippen molar-refractivity contribution in [1.82, 2.24) is 0 Å². The van der Waals surface area contributed by atoms with Crippen LogP contribution in [0.25, 0.3) is 0 Å². The molecule has 1 fully saturated rings. The third kappa shape index (κ3) is 1.88. The highest BCUT2D eigenvalue weighted by Crippen LogP contribution is 2.17. The number of aliphatic hydroxyl groups excluding tert-OH is 4. The van der Waals surface area contributed by atoms with Crippen molar-refractivity contribution in [3.05, 3.63) is 0 Å². The quantitative estimate of drug-likeness (QED) is 0.353. The monoisotopic (exact) mass is 164 g/mol. The number of rotatable bonds is 1. The van der Waals surface area contributed by atoms with Crippen molar-refractivity contribution in [1.29, 1.82) is 0 Å². The largest absolute Gasteiger partial charge is 0.394 e. The average Bonchev–Trinajstić information content (AvgIpc) is 1.99. The second kappa shape index (κ2) is 3.46. The average molecular weight is 164 g/mol. The predicted molar refractivity (Wildman–Crippen MR) is 34.6 cm³/mol. The van der Waals surface area contributed by atoms with Gasteiger partial charge in [0.2, 0.25) is 0 Å². The molecule has 0 aromatic heterocycles. The smallest absolute Gasteiger partial charge is 0.183 e. The summed E-state index contributed by atoms with van der Waals surface area (Å²) in [6, 6.07) is 0. The highest BCUT2D eigenvalue weighted by Gasteiger charge is 2.34. The minimum Gasteiger partial charge on any atom is -0.394 e. The Morgan fingerprint density at radius 1 is 1.27 bits per heavy atom. The van der Waals surface area contributed by atoms with E-state index in [9.17, 15) is 0 Å². The zero-order chi connectivity index (χ0) is 8.43. The van der Waals surface area contributed by atoms with Gasteiger partial charge in [0, 0.05) is 6.42 Å². The van der Waals surface area contributed by atoms with Gasteiger partial charge in [0.05, 0.1) is 18.8 Å². The van der Waals surface area contributed by atoms with Crippen LogP contribution >= 0.6 is 0 Å². The first kappa shape index (κ1) is 8.89. The lowest BCUT2D eigenvalue weighted by molar-refractivity contribution is -0.251. The van der Waals surface area contributed by atoms with E-state index in [1.54, 1.807) is 0 Å². The summed E-state index contributed by atoms with van der Waals surface area (Å²) in [6.45, 7) is -0.263. The summed E-state index contributed by atoms with van der Waals surface area (Å²) in [5, 5.41) is 35.5. The molecule has 1 rings (SSSR count). The van der Waals surface area contributed by atoms with E-state index in [4.69, 9.17) is 25.2 Å². The fraction of sp³-hybridized carbons (Fsp3) is 1.00. The van der Waals surface area contributed by atoms with Crippen LogP contribution in [0.15, 0.2) is 0 Å². The summed E-state index contributed by atoms with van der Waals surface area (Å²) in [7, 11) is 0. The second-order valence-electron chi connectivity index (χ2n) is 2.62. The molecule has 0 aromatic rings. The van der Waals surface area contributed by atoms with Crippen LogP contribution in [0, 0.1) is 0 Å². The zero-order valence-corrected chi connectivity index (χ0v) is 5.92. The van der Waals surface area contributed by atoms with E-state index in [1.807, 2.05) is 0 Å². The Balaban J connectivity index is 2.47. The van der Waals surface area contributed by atoms with Crippen LogP contribution in [-0.4, -0.2) is 51.6 Å². The Labute approximate surface area is 63.8 Å². The molecule has 1 heterocycles. The van der Waals surface area contributed by atoms with Gasteiger partial charge in [0.1, 0.15) is 6.10 Å². The lowest BCUT2D eigenvalue weighted by Gasteiger charge is -2.33. The maximum Gasteiger partial charge on any atom is 0.183 e. The van der Waals surface area contributed by atoms with Gasteiger partial charge in [-0.2, -0.15) is 0 Å². The lowest BCUT2D eigenvalue weighted by Crippen LogP contribution is -2.49. The minimum atomic E-state index is -1.39. The van der Waals surface area contributed by atoms with Crippen molar-refractivity contribution in [2.24, 2.45) is 0 Å². The summed E-state index contributed by atoms with van der Waals surface area (Å²) in [5.74, 6) is 0. The number of hydrogen-bond acceptors (Lipinski definition) is 5. The molecule has 4 atom stereocenters. The van der Waals surface area contributed by atoms with Gasteiger partial charge in [-0.1, -0.05) is 0 Å². The second-order valence-corrected chi connectivity index (χ2v) is 2.62. The molecular formula is C6H12O5. The zero-order valence-electron chi connectivity index (χ0n) is 5.92. The van der Waals surface area contributed by atoms with Gasteiger partial charge >= 0.3 is 0 Å². The van der Waals surface area contributed by atoms with Gasteiger partial charge in [-0.15, -0.1) is 0 Å². The fourth-order valence-electron chi connectivity index (χ4n) is 1.05. The van der Waals surface area contributed by atoms with Crippen LogP contribution in [0.3, 0.4) is 0 Å². The van der Waals surface area contributed by atoms with Crippen molar-refractivity contribution < 1.29 is 25.2 Å². The van der Waals surface area contributed by atoms with Crippen molar-refractivity contribution in [2.75, 3.05) is 6.61 Å². The molecule has 0 amide bonds. The van der Waals surface area contributed by atoms with Gasteiger partial charge in [0.15, 0.2) is 6.29 Å². The fourth-order valence-corrected chi connectivity index (χ4v) is 1.05. The summed E-state index contributed by atoms with van der Waals surface area (Å²) in [5.41, 5.74) is 0. The first-order valence-electron chi connectivity index (χ1n) is 3.45. The normalized spacial score (nSPS) is 45.8. The molecule has 1 aliphatic rings. The minimum absolute atomic E-state index is 0.148. The van der Waals surface area contributed by atoms with E-state index in [1.165, 1.54) is 0 Å². The molecule has 0 radical (unpaired) electrons. The Morgan fingerprint density at radius 3 is 2.36 bits per heavy atom. The lowest BCUT2D eigenvalue weighted by atomic mass is 10.0. The molecule has 0 aliphatic carbocycles. The maximum atomic E-state index is 9.05. The van der Waals surface area contributed by atoms with E-state index in [-0.39, 0.29) is 13.0 Å². The molecule has 0 aromatic carbocycles. The molecule has 11 heavy (non-hydrogen) atoms. The summed E-state index contributed by atoms with van der Waals surface area (Å²) in [4.78, 5) is 0. The molecule has 0 spiro atoms. The van der Waals surface area contributed by atoms with E-state index in [0.29, 0.717) is 0 Å². The summed E-state index contributed by atoms with van der Waals surface area (Å²) in [6.07, 6.45) is -4.11. The summed E-state index contributed by atoms with van der Waals surface area (Å²) >= 11 is 0. The number of hydrogen-bond donors (Lipinski definition) is 4. The van der Waals surface area contributed by atoms with Crippen molar-refractivity contribution in [3.8, 4) is 0 Å². The molecule has 66 valence electrons. The van der Waals surface area contributed by atoms with Crippen LogP contribution in [0.5, 0.6) is 0 Å². The molecule has 1 saturated heterocycles. The molecule has 5 heteroatoms. The van der Waals surface area contributed by atoms with E-state index in [2.05, 4.69) is 0 Å². The molecular weight excluding hydrogens is 152 g/mol. The van der Waals surface area contributed by atoms with Gasteiger partial charge < -0.3 is 25.2 Å². The van der Waals surface area contributed by atoms with Crippen LogP contribution in [-0.2, 0) is 4.74 Å². The van der Waals surface area contributed by atoms with Crippen molar-refractivity contribution >= 4 is 0 Å². The topological polar surface area (TPSA) is 90.2 Å². The highest BCUT2D eigenvalue weighted by atomic mass is 16.6. The molecule has 4 N–H and O–H groups in total.